The van der Waals surface area contributed by atoms with Crippen LogP contribution in [0.2, 0.25) is 0 Å². The van der Waals surface area contributed by atoms with Crippen LogP contribution in [0.25, 0.3) is 0 Å². The summed E-state index contributed by atoms with van der Waals surface area (Å²) < 4.78 is 4.96. The number of rotatable bonds is 4. The van der Waals surface area contributed by atoms with Crippen LogP contribution in [0.1, 0.15) is 40.5 Å². The van der Waals surface area contributed by atoms with E-state index in [1.165, 1.54) is 0 Å². The summed E-state index contributed by atoms with van der Waals surface area (Å²) in [4.78, 5) is 25.1. The van der Waals surface area contributed by atoms with E-state index in [2.05, 4.69) is 24.5 Å². The molecule has 0 aromatic carbocycles. The van der Waals surface area contributed by atoms with Crippen molar-refractivity contribution in [1.29, 1.82) is 0 Å². The Bertz CT molecular complexity index is 326. The van der Waals surface area contributed by atoms with Gasteiger partial charge in [0.15, 0.2) is 0 Å². The first-order valence-corrected chi connectivity index (χ1v) is 7.42. The maximum Gasteiger partial charge on any atom is 0.409 e. The van der Waals surface area contributed by atoms with Gasteiger partial charge in [-0.3, -0.25) is 0 Å². The lowest BCUT2D eigenvalue weighted by molar-refractivity contribution is 0.0957. The number of likely N-dealkylation sites (tertiary alicyclic amines) is 1. The Hall–Kier alpha value is -1.46. The molecule has 0 spiro atoms. The van der Waals surface area contributed by atoms with E-state index in [9.17, 15) is 9.59 Å². The maximum atomic E-state index is 11.8. The maximum absolute atomic E-state index is 11.8. The number of piperidine rings is 1. The first-order valence-electron chi connectivity index (χ1n) is 7.42. The van der Waals surface area contributed by atoms with Crippen LogP contribution in [-0.2, 0) is 4.74 Å². The van der Waals surface area contributed by atoms with Gasteiger partial charge in [0.05, 0.1) is 6.61 Å². The molecule has 0 aliphatic carbocycles. The molecule has 2 N–H and O–H groups in total. The largest absolute Gasteiger partial charge is 0.450 e. The molecule has 0 aromatic rings. The topological polar surface area (TPSA) is 70.7 Å². The van der Waals surface area contributed by atoms with Crippen molar-refractivity contribution in [1.82, 2.24) is 15.5 Å². The Morgan fingerprint density at radius 2 is 1.85 bits per heavy atom. The first-order chi connectivity index (χ1) is 9.43. The standard InChI is InChI=1S/C14H27N3O3/c1-5-20-14(19)17-8-6-12(7-9-17)16-13(18)15-11(4)10(2)3/h10-12H,5-9H2,1-4H3,(H2,15,16,18). The van der Waals surface area contributed by atoms with E-state index in [4.69, 9.17) is 4.74 Å². The third-order valence-electron chi connectivity index (χ3n) is 3.71. The highest BCUT2D eigenvalue weighted by Crippen LogP contribution is 2.11. The monoisotopic (exact) mass is 285 g/mol. The molecule has 6 heteroatoms. The number of urea groups is 1. The molecule has 0 aromatic heterocycles. The molecule has 1 aliphatic rings. The molecule has 6 nitrogen and oxygen atoms in total. The van der Waals surface area contributed by atoms with Gasteiger partial charge in [-0.1, -0.05) is 13.8 Å². The number of nitrogens with one attached hydrogen (secondary N) is 2. The van der Waals surface area contributed by atoms with Crippen LogP contribution in [0.3, 0.4) is 0 Å². The highest BCUT2D eigenvalue weighted by molar-refractivity contribution is 5.74. The summed E-state index contributed by atoms with van der Waals surface area (Å²) in [7, 11) is 0. The molecule has 116 valence electrons. The van der Waals surface area contributed by atoms with Gasteiger partial charge >= 0.3 is 12.1 Å². The van der Waals surface area contributed by atoms with Crippen molar-refractivity contribution in [3.63, 3.8) is 0 Å². The molecular formula is C14H27N3O3. The van der Waals surface area contributed by atoms with Crippen molar-refractivity contribution in [2.75, 3.05) is 19.7 Å². The fraction of sp³-hybridized carbons (Fsp3) is 0.857. The molecule has 1 rings (SSSR count). The normalized spacial score (nSPS) is 17.8. The smallest absolute Gasteiger partial charge is 0.409 e. The number of hydrogen-bond acceptors (Lipinski definition) is 3. The fourth-order valence-electron chi connectivity index (χ4n) is 2.02. The summed E-state index contributed by atoms with van der Waals surface area (Å²) in [5.41, 5.74) is 0. The van der Waals surface area contributed by atoms with E-state index in [1.807, 2.05) is 6.92 Å². The van der Waals surface area contributed by atoms with Crippen LogP contribution in [0, 0.1) is 5.92 Å². The zero-order valence-electron chi connectivity index (χ0n) is 12.9. The number of carbonyl (C=O) groups excluding carboxylic acids is 2. The van der Waals surface area contributed by atoms with Gasteiger partial charge in [-0.2, -0.15) is 0 Å². The van der Waals surface area contributed by atoms with E-state index in [0.29, 0.717) is 25.6 Å². The minimum atomic E-state index is -0.260. The SMILES string of the molecule is CCOC(=O)N1CCC(NC(=O)NC(C)C(C)C)CC1. The van der Waals surface area contributed by atoms with Gasteiger partial charge < -0.3 is 20.3 Å². The Morgan fingerprint density at radius 3 is 2.35 bits per heavy atom. The minimum Gasteiger partial charge on any atom is -0.450 e. The van der Waals surface area contributed by atoms with E-state index >= 15 is 0 Å². The predicted molar refractivity (Wildman–Crippen MR) is 77.6 cm³/mol. The quantitative estimate of drug-likeness (QED) is 0.829. The van der Waals surface area contributed by atoms with Gasteiger partial charge in [0, 0.05) is 25.2 Å². The first kappa shape index (κ1) is 16.6. The molecule has 1 fully saturated rings. The zero-order chi connectivity index (χ0) is 15.1. The Labute approximate surface area is 121 Å². The van der Waals surface area contributed by atoms with Crippen LogP contribution in [0.4, 0.5) is 9.59 Å². The van der Waals surface area contributed by atoms with Crippen LogP contribution >= 0.6 is 0 Å². The molecule has 1 unspecified atom stereocenters. The number of nitrogens with zero attached hydrogens (tertiary/aromatic N) is 1. The molecule has 0 radical (unpaired) electrons. The molecule has 1 aliphatic heterocycles. The van der Waals surface area contributed by atoms with Crippen LogP contribution in [0.5, 0.6) is 0 Å². The van der Waals surface area contributed by atoms with Gasteiger partial charge in [0.25, 0.3) is 0 Å². The predicted octanol–water partition coefficient (Wildman–Crippen LogP) is 1.95. The number of hydrogen-bond donors (Lipinski definition) is 2. The molecule has 0 bridgehead atoms. The summed E-state index contributed by atoms with van der Waals surface area (Å²) in [6, 6.07) is 0.149. The van der Waals surface area contributed by atoms with Crippen molar-refractivity contribution >= 4 is 12.1 Å². The summed E-state index contributed by atoms with van der Waals surface area (Å²) in [6.45, 7) is 9.59. The third-order valence-corrected chi connectivity index (χ3v) is 3.71. The highest BCUT2D eigenvalue weighted by atomic mass is 16.6. The molecule has 20 heavy (non-hydrogen) atoms. The second-order valence-electron chi connectivity index (χ2n) is 5.61. The van der Waals surface area contributed by atoms with E-state index in [0.717, 1.165) is 12.8 Å². The van der Waals surface area contributed by atoms with Crippen LogP contribution < -0.4 is 10.6 Å². The zero-order valence-corrected chi connectivity index (χ0v) is 12.9. The van der Waals surface area contributed by atoms with Crippen molar-refractivity contribution in [2.45, 2.75) is 52.6 Å². The summed E-state index contributed by atoms with van der Waals surface area (Å²) in [5, 5.41) is 5.89. The van der Waals surface area contributed by atoms with Crippen molar-refractivity contribution in [3.05, 3.63) is 0 Å². The van der Waals surface area contributed by atoms with Gasteiger partial charge in [0.1, 0.15) is 0 Å². The molecule has 1 atom stereocenters. The average molecular weight is 285 g/mol. The second-order valence-corrected chi connectivity index (χ2v) is 5.61. The molecule has 3 amide bonds. The van der Waals surface area contributed by atoms with Crippen molar-refractivity contribution in [2.24, 2.45) is 5.92 Å². The lowest BCUT2D eigenvalue weighted by Crippen LogP contribution is -2.51. The summed E-state index contributed by atoms with van der Waals surface area (Å²) in [5.74, 6) is 0.409. The average Bonchev–Trinajstić information content (AvgIpc) is 2.39. The number of carbonyl (C=O) groups is 2. The van der Waals surface area contributed by atoms with Crippen LogP contribution in [0.15, 0.2) is 0 Å². The molecule has 1 heterocycles. The lowest BCUT2D eigenvalue weighted by atomic mass is 10.1. The minimum absolute atomic E-state index is 0.124. The van der Waals surface area contributed by atoms with Gasteiger partial charge in [-0.25, -0.2) is 9.59 Å². The fourth-order valence-corrected chi connectivity index (χ4v) is 2.02. The molecular weight excluding hydrogens is 258 g/mol. The van der Waals surface area contributed by atoms with E-state index < -0.39 is 0 Å². The second kappa shape index (κ2) is 7.97. The molecule has 1 saturated heterocycles. The van der Waals surface area contributed by atoms with Crippen molar-refractivity contribution < 1.29 is 14.3 Å². The number of amides is 3. The van der Waals surface area contributed by atoms with Gasteiger partial charge in [-0.15, -0.1) is 0 Å². The van der Waals surface area contributed by atoms with Crippen molar-refractivity contribution in [3.8, 4) is 0 Å². The highest BCUT2D eigenvalue weighted by Gasteiger charge is 2.24. The van der Waals surface area contributed by atoms with Crippen LogP contribution in [-0.4, -0.2) is 48.8 Å². The third kappa shape index (κ3) is 5.27. The lowest BCUT2D eigenvalue weighted by Gasteiger charge is -2.32. The number of ether oxygens (including phenoxy) is 1. The van der Waals surface area contributed by atoms with Gasteiger partial charge in [-0.05, 0) is 32.6 Å². The van der Waals surface area contributed by atoms with Gasteiger partial charge in [0.2, 0.25) is 0 Å². The summed E-state index contributed by atoms with van der Waals surface area (Å²) in [6.07, 6.45) is 1.27. The summed E-state index contributed by atoms with van der Waals surface area (Å²) >= 11 is 0. The Morgan fingerprint density at radius 1 is 1.25 bits per heavy atom. The Balaban J connectivity index is 2.28. The van der Waals surface area contributed by atoms with E-state index in [1.54, 1.807) is 11.8 Å². The van der Waals surface area contributed by atoms with E-state index in [-0.39, 0.29) is 24.2 Å². The Kier molecular flexibility index (Phi) is 6.61. The molecule has 0 saturated carbocycles.